The summed E-state index contributed by atoms with van der Waals surface area (Å²) in [5.41, 5.74) is 5.37. The van der Waals surface area contributed by atoms with E-state index < -0.39 is 10.0 Å². The van der Waals surface area contributed by atoms with Crippen molar-refractivity contribution in [1.29, 1.82) is 0 Å². The van der Waals surface area contributed by atoms with Gasteiger partial charge in [0, 0.05) is 33.4 Å². The standard InChI is InChI=1S/C11H24N2O4S/c1-16-8-2-10-18(14,15)13-6-3-11(4-7-13)17-9-5-12/h11H,2-10,12H2,1H3. The largest absolute Gasteiger partial charge is 0.385 e. The highest BCUT2D eigenvalue weighted by molar-refractivity contribution is 7.89. The Hall–Kier alpha value is -0.210. The molecule has 0 bridgehead atoms. The number of piperidine rings is 1. The van der Waals surface area contributed by atoms with Crippen LogP contribution in [0.4, 0.5) is 0 Å². The van der Waals surface area contributed by atoms with Crippen molar-refractivity contribution < 1.29 is 17.9 Å². The molecule has 0 unspecified atom stereocenters. The second kappa shape index (κ2) is 8.06. The van der Waals surface area contributed by atoms with Gasteiger partial charge >= 0.3 is 0 Å². The molecule has 108 valence electrons. The molecule has 1 saturated heterocycles. The van der Waals surface area contributed by atoms with Gasteiger partial charge in [0.25, 0.3) is 0 Å². The van der Waals surface area contributed by atoms with E-state index in [-0.39, 0.29) is 11.9 Å². The van der Waals surface area contributed by atoms with Gasteiger partial charge in [-0.05, 0) is 19.3 Å². The zero-order valence-electron chi connectivity index (χ0n) is 11.0. The normalized spacial score (nSPS) is 19.2. The van der Waals surface area contributed by atoms with Gasteiger partial charge in [-0.1, -0.05) is 0 Å². The molecule has 1 heterocycles. The summed E-state index contributed by atoms with van der Waals surface area (Å²) in [7, 11) is -1.55. The molecule has 1 aliphatic heterocycles. The zero-order valence-corrected chi connectivity index (χ0v) is 11.8. The first-order chi connectivity index (χ1) is 8.60. The number of ether oxygens (including phenoxy) is 2. The van der Waals surface area contributed by atoms with E-state index in [1.165, 1.54) is 0 Å². The molecule has 0 atom stereocenters. The van der Waals surface area contributed by atoms with Gasteiger partial charge in [-0.25, -0.2) is 12.7 Å². The van der Waals surface area contributed by atoms with Crippen LogP contribution in [0.2, 0.25) is 0 Å². The number of methoxy groups -OCH3 is 1. The molecular weight excluding hydrogens is 256 g/mol. The van der Waals surface area contributed by atoms with Crippen molar-refractivity contribution in [3.05, 3.63) is 0 Å². The summed E-state index contributed by atoms with van der Waals surface area (Å²) < 4.78 is 35.9. The van der Waals surface area contributed by atoms with Crippen LogP contribution >= 0.6 is 0 Å². The van der Waals surface area contributed by atoms with Gasteiger partial charge in [0.15, 0.2) is 0 Å². The second-order valence-corrected chi connectivity index (χ2v) is 6.51. The van der Waals surface area contributed by atoms with Gasteiger partial charge in [-0.2, -0.15) is 0 Å². The van der Waals surface area contributed by atoms with E-state index in [0.29, 0.717) is 39.3 Å². The maximum Gasteiger partial charge on any atom is 0.214 e. The molecule has 18 heavy (non-hydrogen) atoms. The van der Waals surface area contributed by atoms with Crippen LogP contribution in [0.3, 0.4) is 0 Å². The maximum absolute atomic E-state index is 12.0. The summed E-state index contributed by atoms with van der Waals surface area (Å²) in [6.45, 7) is 2.63. The van der Waals surface area contributed by atoms with Crippen molar-refractivity contribution in [2.45, 2.75) is 25.4 Å². The Morgan fingerprint density at radius 2 is 1.94 bits per heavy atom. The number of hydrogen-bond acceptors (Lipinski definition) is 5. The molecule has 6 nitrogen and oxygen atoms in total. The van der Waals surface area contributed by atoms with Crippen LogP contribution in [0.5, 0.6) is 0 Å². The first kappa shape index (κ1) is 15.8. The predicted octanol–water partition coefficient (Wildman–Crippen LogP) is -0.208. The molecule has 2 N–H and O–H groups in total. The van der Waals surface area contributed by atoms with Crippen LogP contribution in [-0.2, 0) is 19.5 Å². The lowest BCUT2D eigenvalue weighted by molar-refractivity contribution is 0.0257. The fourth-order valence-corrected chi connectivity index (χ4v) is 3.53. The van der Waals surface area contributed by atoms with Crippen molar-refractivity contribution in [2.24, 2.45) is 5.73 Å². The van der Waals surface area contributed by atoms with Crippen LogP contribution < -0.4 is 5.73 Å². The topological polar surface area (TPSA) is 81.9 Å². The summed E-state index contributed by atoms with van der Waals surface area (Å²) in [5, 5.41) is 0. The Morgan fingerprint density at radius 1 is 1.28 bits per heavy atom. The maximum atomic E-state index is 12.0. The lowest BCUT2D eigenvalue weighted by Gasteiger charge is -2.31. The van der Waals surface area contributed by atoms with E-state index in [2.05, 4.69) is 0 Å². The molecular formula is C11H24N2O4S. The monoisotopic (exact) mass is 280 g/mol. The lowest BCUT2D eigenvalue weighted by atomic mass is 10.1. The number of nitrogens with zero attached hydrogens (tertiary/aromatic N) is 1. The number of sulfonamides is 1. The highest BCUT2D eigenvalue weighted by atomic mass is 32.2. The van der Waals surface area contributed by atoms with E-state index in [1.807, 2.05) is 0 Å². The summed E-state index contributed by atoms with van der Waals surface area (Å²) in [4.78, 5) is 0. The summed E-state index contributed by atoms with van der Waals surface area (Å²) in [6.07, 6.45) is 2.20. The number of rotatable bonds is 8. The second-order valence-electron chi connectivity index (χ2n) is 4.42. The molecule has 0 spiro atoms. The van der Waals surface area contributed by atoms with E-state index in [0.717, 1.165) is 12.8 Å². The molecule has 1 aliphatic rings. The zero-order chi connectivity index (χ0) is 13.4. The van der Waals surface area contributed by atoms with Crippen molar-refractivity contribution in [3.8, 4) is 0 Å². The molecule has 0 radical (unpaired) electrons. The van der Waals surface area contributed by atoms with Gasteiger partial charge in [0.1, 0.15) is 0 Å². The lowest BCUT2D eigenvalue weighted by Crippen LogP contribution is -2.42. The fraction of sp³-hybridized carbons (Fsp3) is 1.00. The average Bonchev–Trinajstić information content (AvgIpc) is 2.37. The predicted molar refractivity (Wildman–Crippen MR) is 69.9 cm³/mol. The molecule has 0 amide bonds. The quantitative estimate of drug-likeness (QED) is 0.622. The fourth-order valence-electron chi connectivity index (χ4n) is 2.03. The van der Waals surface area contributed by atoms with Crippen LogP contribution in [0.1, 0.15) is 19.3 Å². The van der Waals surface area contributed by atoms with E-state index in [9.17, 15) is 8.42 Å². The number of nitrogens with two attached hydrogens (primary N) is 1. The first-order valence-corrected chi connectivity index (χ1v) is 7.99. The SMILES string of the molecule is COCCCS(=O)(=O)N1CCC(OCCN)CC1. The Balaban J connectivity index is 2.32. The Morgan fingerprint density at radius 3 is 2.50 bits per heavy atom. The Labute approximate surface area is 109 Å². The van der Waals surface area contributed by atoms with E-state index in [4.69, 9.17) is 15.2 Å². The Kier molecular flexibility index (Phi) is 7.10. The molecule has 1 fully saturated rings. The molecule has 0 aromatic carbocycles. The molecule has 1 rings (SSSR count). The Bertz CT molecular complexity index is 313. The molecule has 0 aromatic rings. The highest BCUT2D eigenvalue weighted by Crippen LogP contribution is 2.17. The smallest absolute Gasteiger partial charge is 0.214 e. The first-order valence-electron chi connectivity index (χ1n) is 6.38. The van der Waals surface area contributed by atoms with Crippen LogP contribution in [-0.4, -0.2) is 64.5 Å². The van der Waals surface area contributed by atoms with Crippen LogP contribution in [0, 0.1) is 0 Å². The molecule has 0 aromatic heterocycles. The third-order valence-corrected chi connectivity index (χ3v) is 4.97. The van der Waals surface area contributed by atoms with E-state index in [1.54, 1.807) is 11.4 Å². The summed E-state index contributed by atoms with van der Waals surface area (Å²) in [5.74, 6) is 0.162. The highest BCUT2D eigenvalue weighted by Gasteiger charge is 2.27. The third kappa shape index (κ3) is 5.19. The van der Waals surface area contributed by atoms with Crippen molar-refractivity contribution >= 4 is 10.0 Å². The molecule has 0 saturated carbocycles. The minimum absolute atomic E-state index is 0.152. The molecule has 0 aliphatic carbocycles. The van der Waals surface area contributed by atoms with Crippen molar-refractivity contribution in [3.63, 3.8) is 0 Å². The van der Waals surface area contributed by atoms with Crippen LogP contribution in [0.25, 0.3) is 0 Å². The van der Waals surface area contributed by atoms with Gasteiger partial charge in [-0.15, -0.1) is 0 Å². The van der Waals surface area contributed by atoms with Gasteiger partial charge in [0.2, 0.25) is 10.0 Å². The number of hydrogen-bond donors (Lipinski definition) is 1. The van der Waals surface area contributed by atoms with Crippen molar-refractivity contribution in [2.75, 3.05) is 45.7 Å². The summed E-state index contributed by atoms with van der Waals surface area (Å²) in [6, 6.07) is 0. The van der Waals surface area contributed by atoms with Crippen molar-refractivity contribution in [1.82, 2.24) is 4.31 Å². The van der Waals surface area contributed by atoms with Gasteiger partial charge < -0.3 is 15.2 Å². The minimum atomic E-state index is -3.13. The summed E-state index contributed by atoms with van der Waals surface area (Å²) >= 11 is 0. The van der Waals surface area contributed by atoms with E-state index >= 15 is 0 Å². The van der Waals surface area contributed by atoms with Gasteiger partial charge in [-0.3, -0.25) is 0 Å². The molecule has 7 heteroatoms. The third-order valence-electron chi connectivity index (χ3n) is 3.02. The average molecular weight is 280 g/mol. The van der Waals surface area contributed by atoms with Gasteiger partial charge in [0.05, 0.1) is 18.5 Å². The minimum Gasteiger partial charge on any atom is -0.385 e. The van der Waals surface area contributed by atoms with Crippen LogP contribution in [0.15, 0.2) is 0 Å².